The summed E-state index contributed by atoms with van der Waals surface area (Å²) in [5.41, 5.74) is 2.85. The molecule has 1 saturated heterocycles. The predicted molar refractivity (Wildman–Crippen MR) is 103 cm³/mol. The summed E-state index contributed by atoms with van der Waals surface area (Å²) in [4.78, 5) is 0. The van der Waals surface area contributed by atoms with Gasteiger partial charge in [0.25, 0.3) is 0 Å². The average Bonchev–Trinajstić information content (AvgIpc) is 3.11. The van der Waals surface area contributed by atoms with Crippen LogP contribution in [-0.4, -0.2) is 19.0 Å². The Morgan fingerprint density at radius 3 is 2.24 bits per heavy atom. The molecule has 1 aromatic rings. The summed E-state index contributed by atoms with van der Waals surface area (Å²) in [6.07, 6.45) is 13.8. The van der Waals surface area contributed by atoms with Crippen LogP contribution in [0.4, 0.5) is 0 Å². The minimum absolute atomic E-state index is 0.197. The average molecular weight is 361 g/mol. The van der Waals surface area contributed by atoms with Crippen molar-refractivity contribution in [2.24, 2.45) is 11.8 Å². The number of benzene rings is 1. The van der Waals surface area contributed by atoms with Crippen molar-refractivity contribution in [1.29, 1.82) is 0 Å². The molecule has 1 atom stereocenters. The Labute approximate surface area is 156 Å². The summed E-state index contributed by atoms with van der Waals surface area (Å²) in [6, 6.07) is 8.30. The lowest BCUT2D eigenvalue weighted by Crippen LogP contribution is -2.35. The van der Waals surface area contributed by atoms with Gasteiger partial charge < -0.3 is 9.47 Å². The lowest BCUT2D eigenvalue weighted by atomic mass is 9.78. The molecule has 1 aromatic carbocycles. The monoisotopic (exact) mass is 360 g/mol. The Morgan fingerprint density at radius 2 is 1.60 bits per heavy atom. The molecule has 1 unspecified atom stereocenters. The Hall–Kier alpha value is -0.830. The van der Waals surface area contributed by atoms with Gasteiger partial charge in [-0.05, 0) is 73.6 Å². The van der Waals surface area contributed by atoms with Crippen molar-refractivity contribution in [2.45, 2.75) is 63.6 Å². The van der Waals surface area contributed by atoms with Gasteiger partial charge in [0.05, 0.1) is 13.2 Å². The van der Waals surface area contributed by atoms with Crippen molar-refractivity contribution in [3.63, 3.8) is 0 Å². The molecule has 0 aromatic heterocycles. The molecular weight excluding hydrogens is 332 g/mol. The van der Waals surface area contributed by atoms with E-state index >= 15 is 0 Å². The molecule has 1 saturated carbocycles. The minimum atomic E-state index is -0.197. The van der Waals surface area contributed by atoms with Gasteiger partial charge in [0.2, 0.25) is 0 Å². The van der Waals surface area contributed by atoms with Gasteiger partial charge in [-0.1, -0.05) is 36.2 Å². The minimum Gasteiger partial charge on any atom is -0.348 e. The van der Waals surface area contributed by atoms with E-state index in [1.807, 2.05) is 12.1 Å². The molecular formula is C22H29ClO2. The van der Waals surface area contributed by atoms with E-state index in [1.54, 1.807) is 0 Å². The molecule has 1 aliphatic heterocycles. The first kappa shape index (κ1) is 17.6. The first-order valence-electron chi connectivity index (χ1n) is 9.95. The normalized spacial score (nSPS) is 26.8. The van der Waals surface area contributed by atoms with Crippen LogP contribution in [0.15, 0.2) is 30.3 Å². The first-order chi connectivity index (χ1) is 12.2. The lowest BCUT2D eigenvalue weighted by molar-refractivity contribution is -0.182. The Morgan fingerprint density at radius 1 is 0.920 bits per heavy atom. The summed E-state index contributed by atoms with van der Waals surface area (Å²) >= 11 is 5.99. The summed E-state index contributed by atoms with van der Waals surface area (Å²) in [5, 5.41) is 0.820. The predicted octanol–water partition coefficient (Wildman–Crippen LogP) is 6.24. The van der Waals surface area contributed by atoms with Gasteiger partial charge in [-0.15, -0.1) is 0 Å². The third kappa shape index (κ3) is 4.30. The van der Waals surface area contributed by atoms with Gasteiger partial charge in [-0.3, -0.25) is 0 Å². The molecule has 3 aliphatic rings. The van der Waals surface area contributed by atoms with Crippen LogP contribution in [0.1, 0.15) is 63.4 Å². The molecule has 136 valence electrons. The van der Waals surface area contributed by atoms with Crippen molar-refractivity contribution in [2.75, 3.05) is 13.2 Å². The third-order valence-electron chi connectivity index (χ3n) is 6.40. The topological polar surface area (TPSA) is 18.5 Å². The number of halogens is 1. The van der Waals surface area contributed by atoms with E-state index in [4.69, 9.17) is 21.1 Å². The maximum Gasteiger partial charge on any atom is 0.168 e. The molecule has 2 nitrogen and oxygen atoms in total. The highest BCUT2D eigenvalue weighted by molar-refractivity contribution is 6.30. The van der Waals surface area contributed by atoms with Crippen molar-refractivity contribution in [3.8, 4) is 0 Å². The highest BCUT2D eigenvalue weighted by atomic mass is 35.5. The smallest absolute Gasteiger partial charge is 0.168 e. The summed E-state index contributed by atoms with van der Waals surface area (Å²) < 4.78 is 11.7. The van der Waals surface area contributed by atoms with E-state index in [9.17, 15) is 0 Å². The van der Waals surface area contributed by atoms with Gasteiger partial charge in [0.15, 0.2) is 5.79 Å². The van der Waals surface area contributed by atoms with Gasteiger partial charge in [-0.2, -0.15) is 0 Å². The van der Waals surface area contributed by atoms with Gasteiger partial charge in [0, 0.05) is 17.9 Å². The second-order valence-corrected chi connectivity index (χ2v) is 8.44. The first-order valence-corrected chi connectivity index (χ1v) is 10.3. The van der Waals surface area contributed by atoms with E-state index < -0.39 is 0 Å². The number of allylic oxidation sites excluding steroid dienone is 2. The van der Waals surface area contributed by atoms with Crippen molar-refractivity contribution in [1.82, 2.24) is 0 Å². The number of hydrogen-bond acceptors (Lipinski definition) is 2. The fourth-order valence-corrected chi connectivity index (χ4v) is 4.87. The fourth-order valence-electron chi connectivity index (χ4n) is 4.74. The van der Waals surface area contributed by atoms with E-state index in [2.05, 4.69) is 18.2 Å². The van der Waals surface area contributed by atoms with E-state index in [-0.39, 0.29) is 5.79 Å². The summed E-state index contributed by atoms with van der Waals surface area (Å²) in [6.45, 7) is 1.57. The standard InChI is InChI=1S/C22H29ClO2/c23-21-9-7-20(8-10-21)19-5-3-17(4-6-19)1-2-18-11-13-22(14-12-18)24-15-16-25-22/h5,7-10,17-18H,1-4,6,11-16H2. The van der Waals surface area contributed by atoms with Crippen LogP contribution in [-0.2, 0) is 9.47 Å². The molecule has 0 amide bonds. The molecule has 0 bridgehead atoms. The fraction of sp³-hybridized carbons (Fsp3) is 0.636. The SMILES string of the molecule is Clc1ccc(C2=CCC(CCC3CCC4(CC3)OCCO4)CC2)cc1. The number of ether oxygens (including phenoxy) is 2. The molecule has 1 spiro atoms. The Balaban J connectivity index is 1.22. The van der Waals surface area contributed by atoms with Crippen LogP contribution < -0.4 is 0 Å². The second kappa shape index (κ2) is 7.82. The zero-order valence-corrected chi connectivity index (χ0v) is 15.8. The molecule has 0 N–H and O–H groups in total. The highest BCUT2D eigenvalue weighted by Crippen LogP contribution is 2.41. The Kier molecular flexibility index (Phi) is 5.50. The molecule has 2 fully saturated rings. The van der Waals surface area contributed by atoms with Crippen LogP contribution in [0.5, 0.6) is 0 Å². The van der Waals surface area contributed by atoms with E-state index in [1.165, 1.54) is 56.1 Å². The van der Waals surface area contributed by atoms with Crippen molar-refractivity contribution < 1.29 is 9.47 Å². The molecule has 0 radical (unpaired) electrons. The van der Waals surface area contributed by atoms with Crippen LogP contribution in [0.25, 0.3) is 5.57 Å². The Bertz CT molecular complexity index is 591. The maximum atomic E-state index is 5.99. The summed E-state index contributed by atoms with van der Waals surface area (Å²) in [7, 11) is 0. The lowest BCUT2D eigenvalue weighted by Gasteiger charge is -2.36. The molecule has 1 heterocycles. The van der Waals surface area contributed by atoms with Crippen LogP contribution in [0.3, 0.4) is 0 Å². The van der Waals surface area contributed by atoms with Gasteiger partial charge in [0.1, 0.15) is 0 Å². The zero-order valence-electron chi connectivity index (χ0n) is 15.0. The molecule has 3 heteroatoms. The van der Waals surface area contributed by atoms with Crippen molar-refractivity contribution >= 4 is 17.2 Å². The van der Waals surface area contributed by atoms with Crippen LogP contribution in [0.2, 0.25) is 5.02 Å². The summed E-state index contributed by atoms with van der Waals surface area (Å²) in [5.74, 6) is 1.54. The molecule has 25 heavy (non-hydrogen) atoms. The largest absolute Gasteiger partial charge is 0.348 e. The zero-order chi connectivity index (χ0) is 17.1. The number of hydrogen-bond donors (Lipinski definition) is 0. The van der Waals surface area contributed by atoms with E-state index in [0.717, 1.165) is 42.9 Å². The number of rotatable bonds is 4. The van der Waals surface area contributed by atoms with Crippen LogP contribution >= 0.6 is 11.6 Å². The maximum absolute atomic E-state index is 5.99. The van der Waals surface area contributed by atoms with E-state index in [0.29, 0.717) is 0 Å². The molecule has 2 aliphatic carbocycles. The second-order valence-electron chi connectivity index (χ2n) is 8.00. The quantitative estimate of drug-likeness (QED) is 0.633. The van der Waals surface area contributed by atoms with Gasteiger partial charge in [-0.25, -0.2) is 0 Å². The van der Waals surface area contributed by atoms with Gasteiger partial charge >= 0.3 is 0 Å². The van der Waals surface area contributed by atoms with Crippen LogP contribution in [0, 0.1) is 11.8 Å². The molecule has 4 rings (SSSR count). The highest BCUT2D eigenvalue weighted by Gasteiger charge is 2.40. The third-order valence-corrected chi connectivity index (χ3v) is 6.65. The van der Waals surface area contributed by atoms with Crippen molar-refractivity contribution in [3.05, 3.63) is 40.9 Å².